The van der Waals surface area contributed by atoms with Crippen molar-refractivity contribution in [2.75, 3.05) is 12.9 Å². The highest BCUT2D eigenvalue weighted by Crippen LogP contribution is 2.19. The smallest absolute Gasteiger partial charge is 0.276 e. The average molecular weight is 341 g/mol. The highest BCUT2D eigenvalue weighted by molar-refractivity contribution is 7.99. The minimum Gasteiger partial charge on any atom is -0.497 e. The van der Waals surface area contributed by atoms with Crippen molar-refractivity contribution in [3.8, 4) is 11.8 Å². The second-order valence-corrected chi connectivity index (χ2v) is 5.99. The zero-order chi connectivity index (χ0) is 16.8. The van der Waals surface area contributed by atoms with Crippen LogP contribution in [0.15, 0.2) is 46.3 Å². The topological polar surface area (TPSA) is 89.8 Å². The molecule has 0 aliphatic heterocycles. The average Bonchev–Trinajstić information content (AvgIpc) is 3.24. The van der Waals surface area contributed by atoms with Crippen molar-refractivity contribution < 1.29 is 9.15 Å². The SMILES string of the molecule is COc1cccc(Cc2nnc(SCCn3cc(C#N)cn3)o2)c1. The third kappa shape index (κ3) is 4.14. The lowest BCUT2D eigenvalue weighted by molar-refractivity contribution is 0.412. The maximum absolute atomic E-state index is 8.76. The molecule has 3 rings (SSSR count). The number of hydrogen-bond donors (Lipinski definition) is 0. The molecule has 0 aliphatic carbocycles. The van der Waals surface area contributed by atoms with Gasteiger partial charge in [-0.25, -0.2) is 0 Å². The minimum absolute atomic E-state index is 0.528. The third-order valence-electron chi connectivity index (χ3n) is 3.25. The van der Waals surface area contributed by atoms with Crippen LogP contribution in [-0.4, -0.2) is 32.8 Å². The van der Waals surface area contributed by atoms with Crippen molar-refractivity contribution in [1.29, 1.82) is 5.26 Å². The molecule has 0 N–H and O–H groups in total. The summed E-state index contributed by atoms with van der Waals surface area (Å²) in [4.78, 5) is 0. The van der Waals surface area contributed by atoms with Crippen molar-refractivity contribution in [1.82, 2.24) is 20.0 Å². The number of methoxy groups -OCH3 is 1. The van der Waals surface area contributed by atoms with Gasteiger partial charge in [-0.15, -0.1) is 10.2 Å². The summed E-state index contributed by atoms with van der Waals surface area (Å²) in [6, 6.07) is 9.81. The van der Waals surface area contributed by atoms with Gasteiger partial charge in [-0.3, -0.25) is 4.68 Å². The Bertz CT molecular complexity index is 852. The molecule has 0 amide bonds. The summed E-state index contributed by atoms with van der Waals surface area (Å²) in [6.07, 6.45) is 3.82. The largest absolute Gasteiger partial charge is 0.497 e. The van der Waals surface area contributed by atoms with Crippen molar-refractivity contribution in [2.24, 2.45) is 0 Å². The van der Waals surface area contributed by atoms with Crippen molar-refractivity contribution in [3.63, 3.8) is 0 Å². The van der Waals surface area contributed by atoms with Crippen molar-refractivity contribution >= 4 is 11.8 Å². The van der Waals surface area contributed by atoms with Crippen LogP contribution in [0.5, 0.6) is 5.75 Å². The predicted octanol–water partition coefficient (Wildman–Crippen LogP) is 2.53. The lowest BCUT2D eigenvalue weighted by atomic mass is 10.1. The molecule has 0 fully saturated rings. The van der Waals surface area contributed by atoms with Crippen LogP contribution in [0.1, 0.15) is 17.0 Å². The van der Waals surface area contributed by atoms with Crippen molar-refractivity contribution in [3.05, 3.63) is 53.7 Å². The number of nitrogens with zero attached hydrogens (tertiary/aromatic N) is 5. The highest BCUT2D eigenvalue weighted by Gasteiger charge is 2.08. The monoisotopic (exact) mass is 341 g/mol. The Labute approximate surface area is 143 Å². The van der Waals surface area contributed by atoms with Crippen LogP contribution >= 0.6 is 11.8 Å². The van der Waals surface area contributed by atoms with Gasteiger partial charge in [0.15, 0.2) is 0 Å². The van der Waals surface area contributed by atoms with Crippen LogP contribution in [0.2, 0.25) is 0 Å². The summed E-state index contributed by atoms with van der Waals surface area (Å²) in [6.45, 7) is 0.667. The van der Waals surface area contributed by atoms with E-state index in [0.717, 1.165) is 17.1 Å². The summed E-state index contributed by atoms with van der Waals surface area (Å²) >= 11 is 1.46. The highest BCUT2D eigenvalue weighted by atomic mass is 32.2. The Morgan fingerprint density at radius 1 is 1.38 bits per heavy atom. The van der Waals surface area contributed by atoms with E-state index in [1.807, 2.05) is 24.3 Å². The molecule has 0 spiro atoms. The first-order valence-corrected chi connectivity index (χ1v) is 8.26. The molecule has 0 bridgehead atoms. The zero-order valence-electron chi connectivity index (χ0n) is 13.0. The van der Waals surface area contributed by atoms with Crippen LogP contribution in [0.4, 0.5) is 0 Å². The number of ether oxygens (including phenoxy) is 1. The van der Waals surface area contributed by atoms with Gasteiger partial charge >= 0.3 is 0 Å². The molecule has 0 radical (unpaired) electrons. The zero-order valence-corrected chi connectivity index (χ0v) is 13.9. The Morgan fingerprint density at radius 3 is 3.08 bits per heavy atom. The minimum atomic E-state index is 0.528. The van der Waals surface area contributed by atoms with Gasteiger partial charge < -0.3 is 9.15 Å². The number of benzene rings is 1. The van der Waals surface area contributed by atoms with Gasteiger partial charge in [0.05, 0.1) is 31.8 Å². The van der Waals surface area contributed by atoms with Crippen LogP contribution in [0.25, 0.3) is 0 Å². The molecule has 0 saturated carbocycles. The van der Waals surface area contributed by atoms with E-state index in [1.165, 1.54) is 11.8 Å². The van der Waals surface area contributed by atoms with Crippen LogP contribution in [0, 0.1) is 11.3 Å². The molecule has 2 aromatic heterocycles. The molecule has 2 heterocycles. The number of aryl methyl sites for hydroxylation is 1. The van der Waals surface area contributed by atoms with E-state index < -0.39 is 0 Å². The molecule has 7 nitrogen and oxygen atoms in total. The van der Waals surface area contributed by atoms with E-state index in [2.05, 4.69) is 21.4 Å². The fraction of sp³-hybridized carbons (Fsp3) is 0.250. The summed E-state index contributed by atoms with van der Waals surface area (Å²) in [7, 11) is 1.64. The fourth-order valence-electron chi connectivity index (χ4n) is 2.10. The van der Waals surface area contributed by atoms with Gasteiger partial charge in [-0.2, -0.15) is 10.4 Å². The van der Waals surface area contributed by atoms with E-state index in [1.54, 1.807) is 24.2 Å². The van der Waals surface area contributed by atoms with Crippen LogP contribution in [-0.2, 0) is 13.0 Å². The second-order valence-electron chi connectivity index (χ2n) is 4.94. The van der Waals surface area contributed by atoms with Crippen LogP contribution in [0.3, 0.4) is 0 Å². The van der Waals surface area contributed by atoms with E-state index in [-0.39, 0.29) is 0 Å². The molecule has 0 saturated heterocycles. The molecular formula is C16H15N5O2S. The van der Waals surface area contributed by atoms with Gasteiger partial charge in [0, 0.05) is 11.9 Å². The molecule has 24 heavy (non-hydrogen) atoms. The number of aromatic nitrogens is 4. The molecule has 0 atom stereocenters. The Hall–Kier alpha value is -2.79. The molecule has 122 valence electrons. The first-order chi connectivity index (χ1) is 11.8. The molecule has 1 aromatic carbocycles. The molecule has 0 aliphatic rings. The van der Waals surface area contributed by atoms with Gasteiger partial charge in [-0.1, -0.05) is 23.9 Å². The summed E-state index contributed by atoms with van der Waals surface area (Å²) in [5.74, 6) is 2.10. The Kier molecular flexibility index (Phi) is 5.13. The summed E-state index contributed by atoms with van der Waals surface area (Å²) in [5.41, 5.74) is 1.61. The second kappa shape index (κ2) is 7.66. The maximum Gasteiger partial charge on any atom is 0.276 e. The van der Waals surface area contributed by atoms with E-state index in [9.17, 15) is 0 Å². The Balaban J connectivity index is 1.52. The Morgan fingerprint density at radius 2 is 2.29 bits per heavy atom. The lowest BCUT2D eigenvalue weighted by Gasteiger charge is -2.01. The first kappa shape index (κ1) is 16.1. The predicted molar refractivity (Wildman–Crippen MR) is 87.8 cm³/mol. The van der Waals surface area contributed by atoms with Gasteiger partial charge in [0.2, 0.25) is 5.89 Å². The van der Waals surface area contributed by atoms with Gasteiger partial charge in [0.1, 0.15) is 11.8 Å². The first-order valence-electron chi connectivity index (χ1n) is 7.27. The summed E-state index contributed by atoms with van der Waals surface area (Å²) < 4.78 is 12.6. The normalized spacial score (nSPS) is 10.5. The molecule has 0 unspecified atom stereocenters. The number of nitriles is 1. The van der Waals surface area contributed by atoms with Gasteiger partial charge in [0.25, 0.3) is 5.22 Å². The van der Waals surface area contributed by atoms with E-state index in [4.69, 9.17) is 14.4 Å². The number of thioether (sulfide) groups is 1. The number of rotatable bonds is 7. The lowest BCUT2D eigenvalue weighted by Crippen LogP contribution is -2.00. The quantitative estimate of drug-likeness (QED) is 0.610. The molecule has 3 aromatic rings. The maximum atomic E-state index is 8.76. The summed E-state index contributed by atoms with van der Waals surface area (Å²) in [5, 5.41) is 21.5. The fourth-order valence-corrected chi connectivity index (χ4v) is 2.80. The van der Waals surface area contributed by atoms with Crippen molar-refractivity contribution in [2.45, 2.75) is 18.2 Å². The van der Waals surface area contributed by atoms with E-state index in [0.29, 0.717) is 29.6 Å². The van der Waals surface area contributed by atoms with Gasteiger partial charge in [-0.05, 0) is 17.7 Å². The number of hydrogen-bond acceptors (Lipinski definition) is 7. The molecule has 8 heteroatoms. The standard InChI is InChI=1S/C16H15N5O2S/c1-22-14-4-2-3-12(7-14)8-15-19-20-16(23-15)24-6-5-21-11-13(9-17)10-18-21/h2-4,7,10-11H,5-6,8H2,1H3. The van der Waals surface area contributed by atoms with E-state index >= 15 is 0 Å². The third-order valence-corrected chi connectivity index (χ3v) is 4.04. The molecular weight excluding hydrogens is 326 g/mol. The van der Waals surface area contributed by atoms with Crippen LogP contribution < -0.4 is 4.74 Å².